The Morgan fingerprint density at radius 2 is 2.00 bits per heavy atom. The molecule has 2 fully saturated rings. The molecule has 0 aromatic rings. The normalized spacial score (nSPS) is 24.7. The molecular formula is C9H16N2O. The molecule has 1 heterocycles. The summed E-state index contributed by atoms with van der Waals surface area (Å²) in [5.41, 5.74) is 0.561. The van der Waals surface area contributed by atoms with Gasteiger partial charge in [-0.05, 0) is 24.7 Å². The lowest BCUT2D eigenvalue weighted by Gasteiger charge is -2.21. The molecule has 68 valence electrons. The molecule has 2 amide bonds. The summed E-state index contributed by atoms with van der Waals surface area (Å²) < 4.78 is 0. The maximum absolute atomic E-state index is 11.5. The Bertz CT molecular complexity index is 209. The smallest absolute Gasteiger partial charge is 0.319 e. The molecule has 0 bridgehead atoms. The molecule has 3 heteroatoms. The van der Waals surface area contributed by atoms with E-state index in [0.29, 0.717) is 5.41 Å². The minimum absolute atomic E-state index is 0.179. The Morgan fingerprint density at radius 3 is 2.42 bits per heavy atom. The molecule has 1 saturated heterocycles. The Hall–Kier alpha value is -0.730. The number of urea groups is 1. The van der Waals surface area contributed by atoms with Crippen LogP contribution in [0.1, 0.15) is 19.3 Å². The molecule has 0 N–H and O–H groups in total. The van der Waals surface area contributed by atoms with Gasteiger partial charge in [0.2, 0.25) is 0 Å². The predicted molar refractivity (Wildman–Crippen MR) is 46.9 cm³/mol. The van der Waals surface area contributed by atoms with Crippen LogP contribution in [-0.4, -0.2) is 43.0 Å². The first-order chi connectivity index (χ1) is 5.63. The maximum atomic E-state index is 11.5. The first-order valence-corrected chi connectivity index (χ1v) is 4.59. The van der Waals surface area contributed by atoms with Gasteiger partial charge in [-0.15, -0.1) is 0 Å². The van der Waals surface area contributed by atoms with Gasteiger partial charge in [-0.3, -0.25) is 0 Å². The van der Waals surface area contributed by atoms with E-state index in [4.69, 9.17) is 0 Å². The number of rotatable bonds is 0. The van der Waals surface area contributed by atoms with E-state index in [9.17, 15) is 4.79 Å². The van der Waals surface area contributed by atoms with Gasteiger partial charge in [-0.2, -0.15) is 0 Å². The van der Waals surface area contributed by atoms with Crippen molar-refractivity contribution < 1.29 is 4.79 Å². The molecule has 1 aliphatic heterocycles. The lowest BCUT2D eigenvalue weighted by atomic mass is 10.1. The highest BCUT2D eigenvalue weighted by Crippen LogP contribution is 2.52. The van der Waals surface area contributed by atoms with E-state index < -0.39 is 0 Å². The minimum Gasteiger partial charge on any atom is -0.331 e. The van der Waals surface area contributed by atoms with E-state index in [-0.39, 0.29) is 6.03 Å². The van der Waals surface area contributed by atoms with Crippen LogP contribution in [-0.2, 0) is 0 Å². The molecule has 0 aromatic carbocycles. The van der Waals surface area contributed by atoms with Crippen molar-refractivity contribution in [1.82, 2.24) is 9.80 Å². The Balaban J connectivity index is 1.94. The average molecular weight is 168 g/mol. The number of carbonyl (C=O) groups is 1. The van der Waals surface area contributed by atoms with E-state index >= 15 is 0 Å². The second-order valence-electron chi connectivity index (χ2n) is 4.35. The van der Waals surface area contributed by atoms with Gasteiger partial charge in [0.15, 0.2) is 0 Å². The van der Waals surface area contributed by atoms with Crippen molar-refractivity contribution in [3.05, 3.63) is 0 Å². The van der Waals surface area contributed by atoms with Crippen LogP contribution >= 0.6 is 0 Å². The van der Waals surface area contributed by atoms with Crippen LogP contribution in [0.15, 0.2) is 0 Å². The number of carbonyl (C=O) groups excluding carboxylic acids is 1. The topological polar surface area (TPSA) is 23.6 Å². The fourth-order valence-corrected chi connectivity index (χ4v) is 1.97. The number of hydrogen-bond donors (Lipinski definition) is 0. The molecular weight excluding hydrogens is 152 g/mol. The van der Waals surface area contributed by atoms with Crippen LogP contribution in [0, 0.1) is 5.41 Å². The fraction of sp³-hybridized carbons (Fsp3) is 0.889. The molecule has 1 aliphatic carbocycles. The molecule has 2 rings (SSSR count). The summed E-state index contributed by atoms with van der Waals surface area (Å²) in [4.78, 5) is 15.2. The highest BCUT2D eigenvalue weighted by molar-refractivity contribution is 5.74. The molecule has 0 aromatic heterocycles. The third-order valence-corrected chi connectivity index (χ3v) is 3.05. The Kier molecular flexibility index (Phi) is 1.56. The van der Waals surface area contributed by atoms with Gasteiger partial charge in [0.05, 0.1) is 0 Å². The van der Waals surface area contributed by atoms with Crippen LogP contribution in [0.4, 0.5) is 4.79 Å². The third-order valence-electron chi connectivity index (χ3n) is 3.05. The zero-order valence-corrected chi connectivity index (χ0v) is 7.84. The predicted octanol–water partition coefficient (Wildman–Crippen LogP) is 1.15. The summed E-state index contributed by atoms with van der Waals surface area (Å²) in [6, 6.07) is 0.179. The molecule has 2 aliphatic rings. The average Bonchev–Trinajstić information content (AvgIpc) is 2.61. The van der Waals surface area contributed by atoms with Gasteiger partial charge in [0, 0.05) is 27.2 Å². The minimum atomic E-state index is 0.179. The monoisotopic (exact) mass is 168 g/mol. The van der Waals surface area contributed by atoms with Crippen LogP contribution in [0.2, 0.25) is 0 Å². The van der Waals surface area contributed by atoms with Crippen LogP contribution < -0.4 is 0 Å². The van der Waals surface area contributed by atoms with Crippen LogP contribution in [0.3, 0.4) is 0 Å². The van der Waals surface area contributed by atoms with E-state index in [1.54, 1.807) is 4.90 Å². The Labute approximate surface area is 73.3 Å². The first kappa shape index (κ1) is 7.90. The number of amides is 2. The summed E-state index contributed by atoms with van der Waals surface area (Å²) >= 11 is 0. The standard InChI is InChI=1S/C9H16N2O/c1-10(2)8(12)11-6-5-9(7-11)3-4-9/h3-7H2,1-2H3. The number of hydrogen-bond acceptors (Lipinski definition) is 1. The van der Waals surface area contributed by atoms with Crippen LogP contribution in [0.25, 0.3) is 0 Å². The van der Waals surface area contributed by atoms with Gasteiger partial charge in [0.1, 0.15) is 0 Å². The van der Waals surface area contributed by atoms with Crippen molar-refractivity contribution in [1.29, 1.82) is 0 Å². The van der Waals surface area contributed by atoms with Crippen molar-refractivity contribution in [2.24, 2.45) is 5.41 Å². The van der Waals surface area contributed by atoms with Crippen molar-refractivity contribution in [3.63, 3.8) is 0 Å². The summed E-state index contributed by atoms with van der Waals surface area (Å²) in [6.45, 7) is 1.97. The number of likely N-dealkylation sites (tertiary alicyclic amines) is 1. The molecule has 3 nitrogen and oxygen atoms in total. The second-order valence-corrected chi connectivity index (χ2v) is 4.35. The zero-order valence-electron chi connectivity index (χ0n) is 7.84. The maximum Gasteiger partial charge on any atom is 0.319 e. The fourth-order valence-electron chi connectivity index (χ4n) is 1.97. The van der Waals surface area contributed by atoms with Crippen molar-refractivity contribution in [2.75, 3.05) is 27.2 Å². The lowest BCUT2D eigenvalue weighted by Crippen LogP contribution is -2.37. The van der Waals surface area contributed by atoms with Crippen molar-refractivity contribution in [3.8, 4) is 0 Å². The van der Waals surface area contributed by atoms with E-state index in [0.717, 1.165) is 13.1 Å². The number of nitrogens with zero attached hydrogens (tertiary/aromatic N) is 2. The van der Waals surface area contributed by atoms with E-state index in [1.807, 2.05) is 19.0 Å². The van der Waals surface area contributed by atoms with Gasteiger partial charge in [0.25, 0.3) is 0 Å². The highest BCUT2D eigenvalue weighted by Gasteiger charge is 2.48. The lowest BCUT2D eigenvalue weighted by molar-refractivity contribution is 0.179. The van der Waals surface area contributed by atoms with Crippen LogP contribution in [0.5, 0.6) is 0 Å². The zero-order chi connectivity index (χ0) is 8.77. The summed E-state index contributed by atoms with van der Waals surface area (Å²) in [6.07, 6.45) is 3.90. The highest BCUT2D eigenvalue weighted by atomic mass is 16.2. The quantitative estimate of drug-likeness (QED) is 0.532. The molecule has 1 spiro atoms. The molecule has 12 heavy (non-hydrogen) atoms. The Morgan fingerprint density at radius 1 is 1.33 bits per heavy atom. The second kappa shape index (κ2) is 2.38. The van der Waals surface area contributed by atoms with Crippen molar-refractivity contribution in [2.45, 2.75) is 19.3 Å². The molecule has 0 unspecified atom stereocenters. The van der Waals surface area contributed by atoms with Gasteiger partial charge >= 0.3 is 6.03 Å². The van der Waals surface area contributed by atoms with E-state index in [1.165, 1.54) is 19.3 Å². The summed E-state index contributed by atoms with van der Waals surface area (Å²) in [7, 11) is 3.64. The SMILES string of the molecule is CN(C)C(=O)N1CCC2(CC2)C1. The third kappa shape index (κ3) is 1.17. The largest absolute Gasteiger partial charge is 0.331 e. The first-order valence-electron chi connectivity index (χ1n) is 4.59. The van der Waals surface area contributed by atoms with Gasteiger partial charge in [-0.1, -0.05) is 0 Å². The van der Waals surface area contributed by atoms with E-state index in [2.05, 4.69) is 0 Å². The molecule has 1 saturated carbocycles. The van der Waals surface area contributed by atoms with Gasteiger partial charge in [-0.25, -0.2) is 4.79 Å². The molecule has 0 atom stereocenters. The molecule has 0 radical (unpaired) electrons. The van der Waals surface area contributed by atoms with Gasteiger partial charge < -0.3 is 9.80 Å². The summed E-state index contributed by atoms with van der Waals surface area (Å²) in [5, 5.41) is 0. The summed E-state index contributed by atoms with van der Waals surface area (Å²) in [5.74, 6) is 0. The van der Waals surface area contributed by atoms with Crippen molar-refractivity contribution >= 4 is 6.03 Å².